The summed E-state index contributed by atoms with van der Waals surface area (Å²) in [5, 5.41) is 9.02. The Bertz CT molecular complexity index is 765. The van der Waals surface area contributed by atoms with E-state index < -0.39 is 19.9 Å². The second-order valence-electron chi connectivity index (χ2n) is 9.19. The molecular formula is C23H41NO8P+. The first-order chi connectivity index (χ1) is 15.4. The zero-order valence-electron chi connectivity index (χ0n) is 20.6. The molecule has 2 atom stereocenters. The van der Waals surface area contributed by atoms with Gasteiger partial charge in [0.2, 0.25) is 0 Å². The van der Waals surface area contributed by atoms with Crippen LogP contribution in [0.15, 0.2) is 18.2 Å². The molecule has 0 radical (unpaired) electrons. The molecular weight excluding hydrogens is 449 g/mol. The van der Waals surface area contributed by atoms with Gasteiger partial charge in [-0.1, -0.05) is 19.8 Å². The van der Waals surface area contributed by atoms with E-state index >= 15 is 0 Å². The fourth-order valence-corrected chi connectivity index (χ4v) is 4.10. The van der Waals surface area contributed by atoms with Crippen LogP contribution in [0.2, 0.25) is 0 Å². The van der Waals surface area contributed by atoms with Gasteiger partial charge >= 0.3 is 13.8 Å². The number of nitrogens with zero attached hydrogens (tertiary/aromatic N) is 1. The molecule has 0 saturated carbocycles. The number of ether oxygens (including phenoxy) is 2. The molecule has 2 N–H and O–H groups in total. The first-order valence-corrected chi connectivity index (χ1v) is 12.9. The van der Waals surface area contributed by atoms with Crippen LogP contribution in [-0.4, -0.2) is 74.1 Å². The minimum Gasteiger partial charge on any atom is -0.493 e. The van der Waals surface area contributed by atoms with E-state index in [2.05, 4.69) is 6.92 Å². The minimum atomic E-state index is -4.36. The quantitative estimate of drug-likeness (QED) is 0.177. The predicted molar refractivity (Wildman–Crippen MR) is 127 cm³/mol. The second-order valence-corrected chi connectivity index (χ2v) is 10.6. The molecule has 0 aliphatic heterocycles. The van der Waals surface area contributed by atoms with Gasteiger partial charge in [-0.25, -0.2) is 4.57 Å². The molecule has 0 spiro atoms. The van der Waals surface area contributed by atoms with E-state index in [-0.39, 0.29) is 19.6 Å². The van der Waals surface area contributed by atoms with Crippen molar-refractivity contribution in [1.29, 1.82) is 0 Å². The van der Waals surface area contributed by atoms with Crippen LogP contribution in [0.1, 0.15) is 51.0 Å². The molecule has 2 unspecified atom stereocenters. The molecule has 190 valence electrons. The Morgan fingerprint density at radius 2 is 1.55 bits per heavy atom. The average Bonchev–Trinajstić information content (AvgIpc) is 2.65. The Labute approximate surface area is 197 Å². The number of likely N-dealkylation sites (N-methyl/N-ethyl adjacent to an activating group) is 1. The van der Waals surface area contributed by atoms with Gasteiger partial charge in [-0.05, 0) is 43.9 Å². The molecule has 0 saturated heterocycles. The van der Waals surface area contributed by atoms with Crippen molar-refractivity contribution >= 4 is 13.8 Å². The van der Waals surface area contributed by atoms with E-state index in [4.69, 9.17) is 23.6 Å². The summed E-state index contributed by atoms with van der Waals surface area (Å²) in [7, 11) is 1.18. The SMILES string of the molecule is CCCCCOc1cc(C)cc(OCCCCOP(=O)(O)OC(CC(=O)O)C[N+](C)(C)C)c1. The molecule has 1 aromatic carbocycles. The molecule has 1 aromatic rings. The summed E-state index contributed by atoms with van der Waals surface area (Å²) < 4.78 is 34.3. The summed E-state index contributed by atoms with van der Waals surface area (Å²) in [5.74, 6) is 0.401. The molecule has 0 bridgehead atoms. The highest BCUT2D eigenvalue weighted by atomic mass is 31.2. The largest absolute Gasteiger partial charge is 0.493 e. The number of carbonyl (C=O) groups is 1. The number of aliphatic carboxylic acids is 1. The standard InChI is InChI=1S/C23H40NO8P/c1-6-7-8-11-29-20-14-19(2)15-21(16-20)30-12-9-10-13-31-33(27,28)32-22(17-23(25)26)18-24(3,4)5/h14-16,22H,6-13,17-18H2,1-5H3,(H-,25,26,27,28)/p+1. The van der Waals surface area contributed by atoms with Gasteiger partial charge in [0.05, 0.1) is 47.4 Å². The zero-order chi connectivity index (χ0) is 24.9. The van der Waals surface area contributed by atoms with Crippen molar-refractivity contribution in [2.45, 2.75) is 58.5 Å². The lowest BCUT2D eigenvalue weighted by Crippen LogP contribution is -2.42. The number of unbranched alkanes of at least 4 members (excludes halogenated alkanes) is 3. The monoisotopic (exact) mass is 490 g/mol. The third-order valence-electron chi connectivity index (χ3n) is 4.54. The zero-order valence-corrected chi connectivity index (χ0v) is 21.5. The summed E-state index contributed by atoms with van der Waals surface area (Å²) in [6.45, 7) is 5.49. The maximum absolute atomic E-state index is 12.2. The van der Waals surface area contributed by atoms with E-state index in [9.17, 15) is 14.3 Å². The van der Waals surface area contributed by atoms with Crippen LogP contribution in [0.5, 0.6) is 11.5 Å². The predicted octanol–water partition coefficient (Wildman–Crippen LogP) is 4.41. The van der Waals surface area contributed by atoms with Crippen molar-refractivity contribution in [2.24, 2.45) is 0 Å². The van der Waals surface area contributed by atoms with Crippen molar-refractivity contribution in [3.63, 3.8) is 0 Å². The van der Waals surface area contributed by atoms with Crippen LogP contribution < -0.4 is 9.47 Å². The normalized spacial score (nSPS) is 14.5. The number of phosphoric acid groups is 1. The molecule has 10 heteroatoms. The van der Waals surface area contributed by atoms with Gasteiger partial charge in [-0.3, -0.25) is 13.8 Å². The Kier molecular flexibility index (Phi) is 13.0. The van der Waals surface area contributed by atoms with Crippen molar-refractivity contribution in [1.82, 2.24) is 0 Å². The molecule has 1 rings (SSSR count). The minimum absolute atomic E-state index is 0.000904. The topological polar surface area (TPSA) is 112 Å². The molecule has 33 heavy (non-hydrogen) atoms. The van der Waals surface area contributed by atoms with Crippen LogP contribution in [0.3, 0.4) is 0 Å². The van der Waals surface area contributed by atoms with E-state index in [1.807, 2.05) is 46.3 Å². The van der Waals surface area contributed by atoms with E-state index in [0.29, 0.717) is 30.5 Å². The number of hydrogen-bond donors (Lipinski definition) is 2. The van der Waals surface area contributed by atoms with Crippen LogP contribution in [-0.2, 0) is 18.4 Å². The molecule has 0 fully saturated rings. The van der Waals surface area contributed by atoms with Gasteiger partial charge in [0.15, 0.2) is 0 Å². The fraction of sp³-hybridized carbons (Fsp3) is 0.696. The van der Waals surface area contributed by atoms with Crippen molar-refractivity contribution in [2.75, 3.05) is 47.5 Å². The fourth-order valence-electron chi connectivity index (χ4n) is 3.16. The number of carboxylic acids is 1. The van der Waals surface area contributed by atoms with Gasteiger partial charge in [0.25, 0.3) is 0 Å². The summed E-state index contributed by atoms with van der Waals surface area (Å²) in [5.41, 5.74) is 1.05. The average molecular weight is 491 g/mol. The highest BCUT2D eigenvalue weighted by molar-refractivity contribution is 7.47. The van der Waals surface area contributed by atoms with Crippen molar-refractivity contribution in [3.8, 4) is 11.5 Å². The van der Waals surface area contributed by atoms with Crippen molar-refractivity contribution in [3.05, 3.63) is 23.8 Å². The molecule has 0 aromatic heterocycles. The Balaban J connectivity index is 2.39. The number of hydrogen-bond acceptors (Lipinski definition) is 6. The number of benzene rings is 1. The third kappa shape index (κ3) is 15.0. The summed E-state index contributed by atoms with van der Waals surface area (Å²) >= 11 is 0. The lowest BCUT2D eigenvalue weighted by molar-refractivity contribution is -0.873. The Morgan fingerprint density at radius 1 is 1.00 bits per heavy atom. The number of carboxylic acid groups (broad SMARTS) is 1. The third-order valence-corrected chi connectivity index (χ3v) is 5.61. The number of rotatable bonds is 18. The van der Waals surface area contributed by atoms with Gasteiger partial charge in [-0.15, -0.1) is 0 Å². The Morgan fingerprint density at radius 3 is 2.06 bits per heavy atom. The molecule has 0 aliphatic rings. The first kappa shape index (κ1) is 29.4. The van der Waals surface area contributed by atoms with Gasteiger partial charge < -0.3 is 24.0 Å². The van der Waals surface area contributed by atoms with Crippen LogP contribution in [0.25, 0.3) is 0 Å². The van der Waals surface area contributed by atoms with Crippen LogP contribution >= 0.6 is 7.82 Å². The summed E-state index contributed by atoms with van der Waals surface area (Å²) in [4.78, 5) is 21.0. The van der Waals surface area contributed by atoms with Crippen LogP contribution in [0, 0.1) is 6.92 Å². The molecule has 0 amide bonds. The lowest BCUT2D eigenvalue weighted by Gasteiger charge is -2.29. The smallest absolute Gasteiger partial charge is 0.472 e. The number of aryl methyl sites for hydroxylation is 1. The van der Waals surface area contributed by atoms with Gasteiger partial charge in [0, 0.05) is 6.07 Å². The van der Waals surface area contributed by atoms with Crippen molar-refractivity contribution < 1.29 is 42.4 Å². The summed E-state index contributed by atoms with van der Waals surface area (Å²) in [6.07, 6.45) is 3.09. The highest BCUT2D eigenvalue weighted by Gasteiger charge is 2.31. The highest BCUT2D eigenvalue weighted by Crippen LogP contribution is 2.45. The second kappa shape index (κ2) is 14.6. The maximum Gasteiger partial charge on any atom is 0.472 e. The molecule has 9 nitrogen and oxygen atoms in total. The molecule has 0 aliphatic carbocycles. The van der Waals surface area contributed by atoms with E-state index in [0.717, 1.165) is 36.3 Å². The van der Waals surface area contributed by atoms with E-state index in [1.165, 1.54) is 0 Å². The van der Waals surface area contributed by atoms with Gasteiger partial charge in [0.1, 0.15) is 24.1 Å². The molecule has 0 heterocycles. The van der Waals surface area contributed by atoms with Gasteiger partial charge in [-0.2, -0.15) is 0 Å². The first-order valence-electron chi connectivity index (χ1n) is 11.5. The number of quaternary nitrogens is 1. The number of phosphoric ester groups is 1. The summed E-state index contributed by atoms with van der Waals surface area (Å²) in [6, 6.07) is 5.77. The van der Waals surface area contributed by atoms with Crippen LogP contribution in [0.4, 0.5) is 0 Å². The van der Waals surface area contributed by atoms with E-state index in [1.54, 1.807) is 0 Å². The lowest BCUT2D eigenvalue weighted by atomic mass is 10.2. The maximum atomic E-state index is 12.2. The Hall–Kier alpha value is -1.64.